The summed E-state index contributed by atoms with van der Waals surface area (Å²) in [4.78, 5) is 12.3. The summed E-state index contributed by atoms with van der Waals surface area (Å²) >= 11 is 3.52. The van der Waals surface area contributed by atoms with Crippen LogP contribution in [0.3, 0.4) is 0 Å². The van der Waals surface area contributed by atoms with Crippen molar-refractivity contribution in [1.82, 2.24) is 0 Å². The van der Waals surface area contributed by atoms with Crippen LogP contribution in [0.25, 0.3) is 0 Å². The molecule has 1 saturated carbocycles. The van der Waals surface area contributed by atoms with Crippen LogP contribution in [-0.4, -0.2) is 5.91 Å². The Morgan fingerprint density at radius 2 is 1.78 bits per heavy atom. The van der Waals surface area contributed by atoms with E-state index >= 15 is 0 Å². The number of halogens is 1. The summed E-state index contributed by atoms with van der Waals surface area (Å²) in [5.41, 5.74) is 2.14. The van der Waals surface area contributed by atoms with Gasteiger partial charge in [-0.2, -0.15) is 0 Å². The summed E-state index contributed by atoms with van der Waals surface area (Å²) < 4.78 is 0.967. The van der Waals surface area contributed by atoms with E-state index in [9.17, 15) is 4.79 Å². The summed E-state index contributed by atoms with van der Waals surface area (Å²) in [6.07, 6.45) is 0. The van der Waals surface area contributed by atoms with Crippen molar-refractivity contribution in [1.29, 1.82) is 0 Å². The summed E-state index contributed by atoms with van der Waals surface area (Å²) in [5, 5.41) is 3.04. The Morgan fingerprint density at radius 1 is 1.22 bits per heavy atom. The van der Waals surface area contributed by atoms with Gasteiger partial charge in [0.1, 0.15) is 0 Å². The second kappa shape index (κ2) is 4.09. The van der Waals surface area contributed by atoms with Crippen molar-refractivity contribution in [2.45, 2.75) is 34.6 Å². The SMILES string of the molecule is Cc1cccc(NC(=O)C2C(C)(C)C2(C)C)c1Br. The van der Waals surface area contributed by atoms with Crippen LogP contribution < -0.4 is 5.32 Å². The zero-order valence-electron chi connectivity index (χ0n) is 11.6. The molecule has 1 aromatic rings. The van der Waals surface area contributed by atoms with Gasteiger partial charge in [-0.25, -0.2) is 0 Å². The third kappa shape index (κ3) is 1.89. The van der Waals surface area contributed by atoms with E-state index in [-0.39, 0.29) is 22.7 Å². The average molecular weight is 310 g/mol. The lowest BCUT2D eigenvalue weighted by Crippen LogP contribution is -2.18. The van der Waals surface area contributed by atoms with Crippen LogP contribution in [0.15, 0.2) is 22.7 Å². The normalized spacial score (nSPS) is 20.6. The quantitative estimate of drug-likeness (QED) is 0.863. The van der Waals surface area contributed by atoms with Gasteiger partial charge in [-0.05, 0) is 45.3 Å². The van der Waals surface area contributed by atoms with Gasteiger partial charge in [0.05, 0.1) is 5.69 Å². The molecule has 0 radical (unpaired) electrons. The molecule has 1 aliphatic rings. The Hall–Kier alpha value is -0.830. The molecule has 0 atom stereocenters. The summed E-state index contributed by atoms with van der Waals surface area (Å²) in [6.45, 7) is 10.6. The molecule has 0 spiro atoms. The molecule has 98 valence electrons. The van der Waals surface area contributed by atoms with E-state index in [1.807, 2.05) is 25.1 Å². The fraction of sp³-hybridized carbons (Fsp3) is 0.533. The third-order valence-electron chi connectivity index (χ3n) is 4.73. The lowest BCUT2D eigenvalue weighted by Gasteiger charge is -2.10. The van der Waals surface area contributed by atoms with E-state index in [1.54, 1.807) is 0 Å². The van der Waals surface area contributed by atoms with Crippen LogP contribution in [0, 0.1) is 23.7 Å². The number of anilines is 1. The fourth-order valence-corrected chi connectivity index (χ4v) is 3.16. The van der Waals surface area contributed by atoms with Gasteiger partial charge in [-0.1, -0.05) is 39.8 Å². The minimum atomic E-state index is 0.0768. The highest BCUT2D eigenvalue weighted by atomic mass is 79.9. The lowest BCUT2D eigenvalue weighted by atomic mass is 10.0. The van der Waals surface area contributed by atoms with Crippen LogP contribution in [0.1, 0.15) is 33.3 Å². The van der Waals surface area contributed by atoms with Crippen molar-refractivity contribution in [3.63, 3.8) is 0 Å². The first-order chi connectivity index (χ1) is 8.19. The maximum absolute atomic E-state index is 12.3. The Bertz CT molecular complexity index is 491. The maximum Gasteiger partial charge on any atom is 0.228 e. The van der Waals surface area contributed by atoms with Gasteiger partial charge in [0, 0.05) is 10.4 Å². The van der Waals surface area contributed by atoms with Crippen molar-refractivity contribution in [3.8, 4) is 0 Å². The number of carbonyl (C=O) groups is 1. The molecule has 0 aromatic heterocycles. The number of hydrogen-bond acceptors (Lipinski definition) is 1. The number of aryl methyl sites for hydroxylation is 1. The molecule has 18 heavy (non-hydrogen) atoms. The number of rotatable bonds is 2. The number of benzene rings is 1. The molecule has 0 aliphatic heterocycles. The summed E-state index contributed by atoms with van der Waals surface area (Å²) in [5.74, 6) is 0.203. The lowest BCUT2D eigenvalue weighted by molar-refractivity contribution is -0.118. The smallest absolute Gasteiger partial charge is 0.228 e. The zero-order chi connectivity index (χ0) is 13.7. The Balaban J connectivity index is 2.17. The van der Waals surface area contributed by atoms with Crippen molar-refractivity contribution < 1.29 is 4.79 Å². The number of amides is 1. The molecule has 2 nitrogen and oxygen atoms in total. The van der Waals surface area contributed by atoms with Crippen molar-refractivity contribution in [2.24, 2.45) is 16.7 Å². The van der Waals surface area contributed by atoms with Crippen LogP contribution in [0.4, 0.5) is 5.69 Å². The second-order valence-electron chi connectivity index (χ2n) is 6.30. The van der Waals surface area contributed by atoms with E-state index in [0.717, 1.165) is 15.7 Å². The van der Waals surface area contributed by atoms with Gasteiger partial charge in [0.25, 0.3) is 0 Å². The minimum absolute atomic E-state index is 0.0768. The minimum Gasteiger partial charge on any atom is -0.325 e. The molecule has 0 bridgehead atoms. The number of nitrogens with one attached hydrogen (secondary N) is 1. The van der Waals surface area contributed by atoms with Gasteiger partial charge in [-0.15, -0.1) is 0 Å². The highest BCUT2D eigenvalue weighted by molar-refractivity contribution is 9.10. The van der Waals surface area contributed by atoms with Gasteiger partial charge >= 0.3 is 0 Å². The molecule has 1 amide bonds. The molecular weight excluding hydrogens is 290 g/mol. The van der Waals surface area contributed by atoms with E-state index in [4.69, 9.17) is 0 Å². The maximum atomic E-state index is 12.3. The van der Waals surface area contributed by atoms with Gasteiger partial charge in [-0.3, -0.25) is 4.79 Å². The van der Waals surface area contributed by atoms with Crippen LogP contribution in [0.2, 0.25) is 0 Å². The first-order valence-electron chi connectivity index (χ1n) is 6.25. The van der Waals surface area contributed by atoms with Crippen LogP contribution >= 0.6 is 15.9 Å². The molecule has 1 N–H and O–H groups in total. The van der Waals surface area contributed by atoms with E-state index in [1.165, 1.54) is 0 Å². The summed E-state index contributed by atoms with van der Waals surface area (Å²) in [6, 6.07) is 5.90. The molecule has 1 fully saturated rings. The average Bonchev–Trinajstić information content (AvgIpc) is 2.65. The van der Waals surface area contributed by atoms with E-state index in [0.29, 0.717) is 0 Å². The third-order valence-corrected chi connectivity index (χ3v) is 5.79. The Kier molecular flexibility index (Phi) is 3.09. The fourth-order valence-electron chi connectivity index (χ4n) is 2.80. The zero-order valence-corrected chi connectivity index (χ0v) is 13.2. The summed E-state index contributed by atoms with van der Waals surface area (Å²) in [7, 11) is 0. The number of hydrogen-bond donors (Lipinski definition) is 1. The Labute approximate surface area is 117 Å². The van der Waals surface area contributed by atoms with Crippen LogP contribution in [-0.2, 0) is 4.79 Å². The van der Waals surface area contributed by atoms with Crippen LogP contribution in [0.5, 0.6) is 0 Å². The molecule has 0 unspecified atom stereocenters. The van der Waals surface area contributed by atoms with E-state index < -0.39 is 0 Å². The standard InChI is InChI=1S/C15H20BrNO/c1-9-7-6-8-10(11(9)16)17-13(18)12-14(2,3)15(12,4)5/h6-8,12H,1-5H3,(H,17,18). The molecule has 1 aromatic carbocycles. The predicted molar refractivity (Wildman–Crippen MR) is 78.6 cm³/mol. The topological polar surface area (TPSA) is 29.1 Å². The molecule has 0 saturated heterocycles. The van der Waals surface area contributed by atoms with Crippen molar-refractivity contribution in [2.75, 3.05) is 5.32 Å². The van der Waals surface area contributed by atoms with Crippen molar-refractivity contribution >= 4 is 27.5 Å². The monoisotopic (exact) mass is 309 g/mol. The Morgan fingerprint density at radius 3 is 2.28 bits per heavy atom. The molecule has 3 heteroatoms. The molecule has 2 rings (SSSR count). The highest BCUT2D eigenvalue weighted by Gasteiger charge is 2.68. The first kappa shape index (κ1) is 13.6. The van der Waals surface area contributed by atoms with Gasteiger partial charge < -0.3 is 5.32 Å². The molecular formula is C15H20BrNO. The predicted octanol–water partition coefficient (Wildman–Crippen LogP) is 4.38. The first-order valence-corrected chi connectivity index (χ1v) is 7.05. The number of carbonyl (C=O) groups excluding carboxylic acids is 1. The largest absolute Gasteiger partial charge is 0.325 e. The second-order valence-corrected chi connectivity index (χ2v) is 7.10. The van der Waals surface area contributed by atoms with E-state index in [2.05, 4.69) is 48.9 Å². The van der Waals surface area contributed by atoms with Gasteiger partial charge in [0.2, 0.25) is 5.91 Å². The van der Waals surface area contributed by atoms with Gasteiger partial charge in [0.15, 0.2) is 0 Å². The van der Waals surface area contributed by atoms with Crippen molar-refractivity contribution in [3.05, 3.63) is 28.2 Å². The molecule has 1 aliphatic carbocycles. The highest BCUT2D eigenvalue weighted by Crippen LogP contribution is 2.68. The molecule has 0 heterocycles.